The van der Waals surface area contributed by atoms with E-state index in [-0.39, 0.29) is 17.6 Å². The minimum Gasteiger partial charge on any atom is -0.363 e. The molecule has 0 radical (unpaired) electrons. The van der Waals surface area contributed by atoms with E-state index in [9.17, 15) is 4.79 Å². The van der Waals surface area contributed by atoms with Crippen LogP contribution >= 0.6 is 0 Å². The molecule has 0 spiro atoms. The molecule has 0 saturated carbocycles. The summed E-state index contributed by atoms with van der Waals surface area (Å²) in [5.41, 5.74) is 0.497. The van der Waals surface area contributed by atoms with Crippen LogP contribution in [-0.4, -0.2) is 27.4 Å². The number of amides is 2. The molecule has 1 aromatic heterocycles. The van der Waals surface area contributed by atoms with Crippen molar-refractivity contribution in [2.45, 2.75) is 97.1 Å². The molecule has 8 heteroatoms. The number of carbonyl (C=O) groups is 1. The summed E-state index contributed by atoms with van der Waals surface area (Å²) in [4.78, 5) is 23.1. The molecule has 1 aromatic carbocycles. The Kier molecular flexibility index (Phi) is 8.10. The quantitative estimate of drug-likeness (QED) is 0.391. The second-order valence-corrected chi connectivity index (χ2v) is 10.9. The van der Waals surface area contributed by atoms with Crippen LogP contribution < -0.4 is 10.6 Å². The van der Waals surface area contributed by atoms with Crippen molar-refractivity contribution in [3.05, 3.63) is 47.3 Å². The van der Waals surface area contributed by atoms with Crippen LogP contribution in [0, 0.1) is 5.41 Å². The van der Waals surface area contributed by atoms with Crippen molar-refractivity contribution in [2.24, 2.45) is 5.41 Å². The third-order valence-corrected chi connectivity index (χ3v) is 7.74. The zero-order valence-electron chi connectivity index (χ0n) is 21.7. The zero-order chi connectivity index (χ0) is 25.8. The summed E-state index contributed by atoms with van der Waals surface area (Å²) in [5.74, 6) is -1.83. The van der Waals surface area contributed by atoms with E-state index in [1.54, 1.807) is 30.9 Å². The molecule has 6 nitrogen and oxygen atoms in total. The van der Waals surface area contributed by atoms with E-state index in [0.29, 0.717) is 31.1 Å². The molecular formula is C28H39F2N5O. The molecule has 0 fully saturated rings. The van der Waals surface area contributed by atoms with Gasteiger partial charge in [0.15, 0.2) is 0 Å². The molecule has 2 aliphatic heterocycles. The Morgan fingerprint density at radius 2 is 1.64 bits per heavy atom. The van der Waals surface area contributed by atoms with Gasteiger partial charge in [0.05, 0.1) is 12.1 Å². The van der Waals surface area contributed by atoms with Crippen molar-refractivity contribution in [3.63, 3.8) is 0 Å². The van der Waals surface area contributed by atoms with Crippen molar-refractivity contribution < 1.29 is 13.6 Å². The highest BCUT2D eigenvalue weighted by Gasteiger charge is 2.47. The number of rotatable bonds is 0. The summed E-state index contributed by atoms with van der Waals surface area (Å²) in [6, 6.07) is 6.32. The van der Waals surface area contributed by atoms with E-state index < -0.39 is 11.3 Å². The minimum atomic E-state index is -2.94. The Morgan fingerprint density at radius 3 is 2.39 bits per heavy atom. The second kappa shape index (κ2) is 11.1. The lowest BCUT2D eigenvalue weighted by atomic mass is 9.77. The van der Waals surface area contributed by atoms with Gasteiger partial charge in [-0.25, -0.2) is 23.5 Å². The topological polar surface area (TPSA) is 70.2 Å². The van der Waals surface area contributed by atoms with E-state index in [4.69, 9.17) is 0 Å². The number of alkyl halides is 2. The smallest absolute Gasteiger partial charge is 0.323 e. The van der Waals surface area contributed by atoms with Crippen LogP contribution in [0.25, 0.3) is 0 Å². The molecule has 0 aliphatic carbocycles. The first-order valence-corrected chi connectivity index (χ1v) is 13.3. The molecule has 0 saturated heterocycles. The number of nitrogens with one attached hydrogen (secondary N) is 2. The predicted molar refractivity (Wildman–Crippen MR) is 139 cm³/mol. The number of aromatic nitrogens is 2. The fourth-order valence-electron chi connectivity index (χ4n) is 5.19. The van der Waals surface area contributed by atoms with Crippen LogP contribution in [0.2, 0.25) is 0 Å². The molecule has 2 N–H and O–H groups in total. The second-order valence-electron chi connectivity index (χ2n) is 10.9. The number of carbonyl (C=O) groups excluding carboxylic acids is 1. The number of urea groups is 1. The van der Waals surface area contributed by atoms with Crippen molar-refractivity contribution in [2.75, 3.05) is 17.2 Å². The van der Waals surface area contributed by atoms with Gasteiger partial charge in [-0.2, -0.15) is 0 Å². The predicted octanol–water partition coefficient (Wildman–Crippen LogP) is 7.64. The fraction of sp³-hybridized carbons (Fsp3) is 0.607. The fourth-order valence-corrected chi connectivity index (χ4v) is 5.19. The van der Waals surface area contributed by atoms with Crippen LogP contribution in [0.15, 0.2) is 30.6 Å². The lowest BCUT2D eigenvalue weighted by molar-refractivity contribution is -0.118. The summed E-state index contributed by atoms with van der Waals surface area (Å²) >= 11 is 0. The lowest BCUT2D eigenvalue weighted by Gasteiger charge is -2.35. The van der Waals surface area contributed by atoms with Crippen molar-refractivity contribution in [3.8, 4) is 0 Å². The van der Waals surface area contributed by atoms with Gasteiger partial charge in [0.1, 0.15) is 18.0 Å². The van der Waals surface area contributed by atoms with Crippen molar-refractivity contribution >= 4 is 17.7 Å². The summed E-state index contributed by atoms with van der Waals surface area (Å²) in [7, 11) is 0. The standard InChI is InChI=1S/C28H39F2N5O/c1-20-21-13-12-14-22(17-21)28(29,30)27(2,3)15-10-8-6-4-5-7-9-11-16-35-18-23-24(33-20)31-19-32-25(23)34-26(35)36/h12-14,17,19-20H,4-11,15-16,18H2,1-3H3,(H2,31,32,33,34,36)/t20-/m1/s1. The average Bonchev–Trinajstić information content (AvgIpc) is 2.85. The highest BCUT2D eigenvalue weighted by Crippen LogP contribution is 2.48. The lowest BCUT2D eigenvalue weighted by Crippen LogP contribution is -2.40. The monoisotopic (exact) mass is 499 g/mol. The summed E-state index contributed by atoms with van der Waals surface area (Å²) in [6.45, 7) is 6.41. The summed E-state index contributed by atoms with van der Waals surface area (Å²) in [6.07, 6.45) is 10.2. The largest absolute Gasteiger partial charge is 0.363 e. The van der Waals surface area contributed by atoms with Gasteiger partial charge in [-0.1, -0.05) is 77.0 Å². The third kappa shape index (κ3) is 5.79. The summed E-state index contributed by atoms with van der Waals surface area (Å²) in [5, 5.41) is 6.27. The molecule has 1 atom stereocenters. The van der Waals surface area contributed by atoms with Crippen LogP contribution in [0.3, 0.4) is 0 Å². The SMILES string of the molecule is C[C@H]1Nc2ncnc3c2CN(CCCCCCCCCCC(C)(C)C(F)(F)c2cccc1c2)C(=O)N3. The molecule has 36 heavy (non-hydrogen) atoms. The van der Waals surface area contributed by atoms with E-state index in [1.165, 1.54) is 12.4 Å². The molecule has 4 bridgehead atoms. The Bertz CT molecular complexity index is 1060. The number of hydrogen-bond donors (Lipinski definition) is 2. The van der Waals surface area contributed by atoms with E-state index >= 15 is 8.78 Å². The number of hydrogen-bond acceptors (Lipinski definition) is 4. The van der Waals surface area contributed by atoms with Crippen LogP contribution in [0.1, 0.15) is 101 Å². The first kappa shape index (κ1) is 26.3. The molecule has 0 unspecified atom stereocenters. The summed E-state index contributed by atoms with van der Waals surface area (Å²) < 4.78 is 31.4. The van der Waals surface area contributed by atoms with Crippen LogP contribution in [0.5, 0.6) is 0 Å². The Morgan fingerprint density at radius 1 is 0.972 bits per heavy atom. The normalized spacial score (nSPS) is 23.1. The Hall–Kier alpha value is -2.77. The third-order valence-electron chi connectivity index (χ3n) is 7.74. The Labute approximate surface area is 213 Å². The zero-order valence-corrected chi connectivity index (χ0v) is 21.7. The van der Waals surface area contributed by atoms with Crippen molar-refractivity contribution in [1.82, 2.24) is 14.9 Å². The van der Waals surface area contributed by atoms with Gasteiger partial charge in [-0.3, -0.25) is 5.32 Å². The molecule has 4 rings (SSSR count). The number of anilines is 2. The first-order valence-electron chi connectivity index (χ1n) is 13.3. The number of fused-ring (bicyclic) bond motifs is 3. The maximum Gasteiger partial charge on any atom is 0.323 e. The van der Waals surface area contributed by atoms with Crippen molar-refractivity contribution in [1.29, 1.82) is 0 Å². The maximum atomic E-state index is 15.7. The van der Waals surface area contributed by atoms with Gasteiger partial charge in [-0.15, -0.1) is 0 Å². The van der Waals surface area contributed by atoms with Gasteiger partial charge < -0.3 is 10.2 Å². The van der Waals surface area contributed by atoms with Crippen LogP contribution in [-0.2, 0) is 12.5 Å². The molecule has 3 heterocycles. The highest BCUT2D eigenvalue weighted by atomic mass is 19.3. The van der Waals surface area contributed by atoms with Gasteiger partial charge in [0.2, 0.25) is 0 Å². The van der Waals surface area contributed by atoms with E-state index in [1.807, 2.05) is 13.0 Å². The van der Waals surface area contributed by atoms with Gasteiger partial charge in [0, 0.05) is 23.6 Å². The molecule has 2 aromatic rings. The molecule has 196 valence electrons. The molecule has 2 amide bonds. The highest BCUT2D eigenvalue weighted by molar-refractivity contribution is 5.92. The Balaban J connectivity index is 1.62. The minimum absolute atomic E-state index is 0.0488. The first-order chi connectivity index (χ1) is 17.2. The van der Waals surface area contributed by atoms with E-state index in [0.717, 1.165) is 62.5 Å². The maximum absolute atomic E-state index is 15.7. The van der Waals surface area contributed by atoms with Gasteiger partial charge >= 0.3 is 6.03 Å². The average molecular weight is 500 g/mol. The molecule has 2 aliphatic rings. The number of halogens is 2. The van der Waals surface area contributed by atoms with Gasteiger partial charge in [-0.05, 0) is 31.4 Å². The van der Waals surface area contributed by atoms with Gasteiger partial charge in [0.25, 0.3) is 5.92 Å². The van der Waals surface area contributed by atoms with E-state index in [2.05, 4.69) is 20.6 Å². The number of nitrogens with zero attached hydrogens (tertiary/aromatic N) is 3. The molecular weight excluding hydrogens is 460 g/mol. The number of benzene rings is 1. The van der Waals surface area contributed by atoms with Crippen LogP contribution in [0.4, 0.5) is 25.2 Å².